The number of nitrogens with zero attached hydrogens (tertiary/aromatic N) is 1. The smallest absolute Gasteiger partial charge is 0.194 e. The Hall–Kier alpha value is -2.85. The molecule has 4 nitrogen and oxygen atoms in total. The van der Waals surface area contributed by atoms with Gasteiger partial charge in [0.25, 0.3) is 0 Å². The van der Waals surface area contributed by atoms with Crippen molar-refractivity contribution in [2.24, 2.45) is 0 Å². The van der Waals surface area contributed by atoms with E-state index < -0.39 is 0 Å². The minimum atomic E-state index is -0.0954. The number of ketones is 1. The summed E-state index contributed by atoms with van der Waals surface area (Å²) >= 11 is 6.32. The Morgan fingerprint density at radius 3 is 2.58 bits per heavy atom. The largest absolute Gasteiger partial charge is 0.396 e. The number of nitrogens with one attached hydrogen (secondary N) is 1. The summed E-state index contributed by atoms with van der Waals surface area (Å²) in [6, 6.07) is 16.2. The van der Waals surface area contributed by atoms with Gasteiger partial charge in [0.2, 0.25) is 0 Å². The molecule has 0 bridgehead atoms. The van der Waals surface area contributed by atoms with Crippen molar-refractivity contribution in [2.75, 3.05) is 11.1 Å². The Kier molecular flexibility index (Phi) is 4.49. The van der Waals surface area contributed by atoms with Crippen molar-refractivity contribution in [1.82, 2.24) is 4.98 Å². The van der Waals surface area contributed by atoms with E-state index in [-0.39, 0.29) is 5.78 Å². The number of hydrogen-bond donors (Lipinski definition) is 2. The molecule has 3 aromatic rings. The summed E-state index contributed by atoms with van der Waals surface area (Å²) in [4.78, 5) is 16.8. The molecule has 24 heavy (non-hydrogen) atoms. The van der Waals surface area contributed by atoms with Crippen LogP contribution in [0.25, 0.3) is 0 Å². The van der Waals surface area contributed by atoms with Gasteiger partial charge in [-0.1, -0.05) is 35.9 Å². The summed E-state index contributed by atoms with van der Waals surface area (Å²) in [5, 5.41) is 3.48. The number of carbonyl (C=O) groups excluding carboxylic acids is 1. The van der Waals surface area contributed by atoms with Gasteiger partial charge in [0, 0.05) is 23.0 Å². The lowest BCUT2D eigenvalue weighted by Crippen LogP contribution is -2.05. The normalized spacial score (nSPS) is 10.4. The summed E-state index contributed by atoms with van der Waals surface area (Å²) in [5.41, 5.74) is 9.14. The lowest BCUT2D eigenvalue weighted by molar-refractivity contribution is 0.103. The molecule has 0 amide bonds. The fourth-order valence-electron chi connectivity index (χ4n) is 2.41. The minimum absolute atomic E-state index is 0.0954. The quantitative estimate of drug-likeness (QED) is 0.683. The number of halogens is 1. The fourth-order valence-corrected chi connectivity index (χ4v) is 2.68. The van der Waals surface area contributed by atoms with Gasteiger partial charge in [-0.25, -0.2) is 4.98 Å². The first-order chi connectivity index (χ1) is 11.6. The second-order valence-electron chi connectivity index (χ2n) is 5.40. The highest BCUT2D eigenvalue weighted by Gasteiger charge is 2.15. The Morgan fingerprint density at radius 1 is 1.08 bits per heavy atom. The minimum Gasteiger partial charge on any atom is -0.396 e. The maximum absolute atomic E-state index is 12.7. The number of anilines is 3. The predicted molar refractivity (Wildman–Crippen MR) is 98.0 cm³/mol. The highest BCUT2D eigenvalue weighted by molar-refractivity contribution is 6.35. The monoisotopic (exact) mass is 337 g/mol. The van der Waals surface area contributed by atoms with Gasteiger partial charge >= 0.3 is 0 Å². The first-order valence-electron chi connectivity index (χ1n) is 7.43. The van der Waals surface area contributed by atoms with Crippen LogP contribution >= 0.6 is 11.6 Å². The molecule has 0 aliphatic rings. The van der Waals surface area contributed by atoms with Crippen LogP contribution in [0, 0.1) is 6.92 Å². The Labute approximate surface area is 145 Å². The molecule has 2 aromatic carbocycles. The van der Waals surface area contributed by atoms with Gasteiger partial charge in [0.05, 0.1) is 10.7 Å². The first-order valence-corrected chi connectivity index (χ1v) is 7.81. The number of rotatable bonds is 4. The molecular weight excluding hydrogens is 322 g/mol. The molecule has 0 radical (unpaired) electrons. The number of aryl methyl sites for hydroxylation is 1. The van der Waals surface area contributed by atoms with E-state index in [1.54, 1.807) is 42.6 Å². The van der Waals surface area contributed by atoms with E-state index in [0.717, 1.165) is 5.56 Å². The van der Waals surface area contributed by atoms with Gasteiger partial charge in [-0.2, -0.15) is 0 Å². The molecule has 0 unspecified atom stereocenters. The summed E-state index contributed by atoms with van der Waals surface area (Å²) in [5.74, 6) is 0.452. The van der Waals surface area contributed by atoms with Crippen LogP contribution in [-0.2, 0) is 0 Å². The van der Waals surface area contributed by atoms with Crippen molar-refractivity contribution in [3.05, 3.63) is 82.5 Å². The summed E-state index contributed by atoms with van der Waals surface area (Å²) in [7, 11) is 0. The fraction of sp³-hybridized carbons (Fsp3) is 0.0526. The summed E-state index contributed by atoms with van der Waals surface area (Å²) in [6.07, 6.45) is 1.65. The molecule has 0 aliphatic carbocycles. The maximum Gasteiger partial charge on any atom is 0.194 e. The van der Waals surface area contributed by atoms with Crippen LogP contribution in [0.2, 0.25) is 5.02 Å². The zero-order chi connectivity index (χ0) is 17.1. The van der Waals surface area contributed by atoms with E-state index >= 15 is 0 Å². The van der Waals surface area contributed by atoms with Crippen molar-refractivity contribution in [3.63, 3.8) is 0 Å². The second-order valence-corrected chi connectivity index (χ2v) is 5.81. The average molecular weight is 338 g/mol. The molecule has 5 heteroatoms. The molecule has 0 atom stereocenters. The van der Waals surface area contributed by atoms with E-state index in [1.807, 2.05) is 25.1 Å². The summed E-state index contributed by atoms with van der Waals surface area (Å²) < 4.78 is 0. The van der Waals surface area contributed by atoms with Crippen LogP contribution in [0.4, 0.5) is 17.2 Å². The van der Waals surface area contributed by atoms with E-state index in [9.17, 15) is 4.79 Å². The molecule has 120 valence electrons. The molecule has 0 aliphatic heterocycles. The van der Waals surface area contributed by atoms with Crippen LogP contribution in [0.5, 0.6) is 0 Å². The molecule has 0 fully saturated rings. The standard InChI is InChI=1S/C19H16ClN3O/c1-12-5-2-3-6-14(12)18(24)15-9-8-13(11-16(15)20)23-19-17(21)7-4-10-22-19/h2-11H,21H2,1H3,(H,22,23). The maximum atomic E-state index is 12.7. The van der Waals surface area contributed by atoms with Gasteiger partial charge in [0.15, 0.2) is 11.6 Å². The second kappa shape index (κ2) is 6.72. The van der Waals surface area contributed by atoms with Gasteiger partial charge < -0.3 is 11.1 Å². The highest BCUT2D eigenvalue weighted by Crippen LogP contribution is 2.27. The topological polar surface area (TPSA) is 68.0 Å². The molecule has 3 rings (SSSR count). The third kappa shape index (κ3) is 3.24. The zero-order valence-electron chi connectivity index (χ0n) is 13.1. The number of pyridine rings is 1. The number of hydrogen-bond acceptors (Lipinski definition) is 4. The third-order valence-electron chi connectivity index (χ3n) is 3.71. The molecule has 0 saturated heterocycles. The Morgan fingerprint density at radius 2 is 1.88 bits per heavy atom. The van der Waals surface area contributed by atoms with Crippen molar-refractivity contribution < 1.29 is 4.79 Å². The van der Waals surface area contributed by atoms with Crippen molar-refractivity contribution in [1.29, 1.82) is 0 Å². The van der Waals surface area contributed by atoms with Crippen molar-refractivity contribution in [2.45, 2.75) is 6.92 Å². The van der Waals surface area contributed by atoms with Gasteiger partial charge in [0.1, 0.15) is 0 Å². The van der Waals surface area contributed by atoms with E-state index in [2.05, 4.69) is 10.3 Å². The number of aromatic nitrogens is 1. The predicted octanol–water partition coefficient (Wildman–Crippen LogP) is 4.60. The third-order valence-corrected chi connectivity index (χ3v) is 4.02. The number of carbonyl (C=O) groups is 1. The SMILES string of the molecule is Cc1ccccc1C(=O)c1ccc(Nc2ncccc2N)cc1Cl. The van der Waals surface area contributed by atoms with E-state index in [0.29, 0.717) is 33.3 Å². The highest BCUT2D eigenvalue weighted by atomic mass is 35.5. The van der Waals surface area contributed by atoms with E-state index in [4.69, 9.17) is 17.3 Å². The Balaban J connectivity index is 1.89. The number of nitrogen functional groups attached to an aromatic ring is 1. The van der Waals surface area contributed by atoms with Crippen molar-refractivity contribution >= 4 is 34.6 Å². The lowest BCUT2D eigenvalue weighted by atomic mass is 9.99. The Bertz CT molecular complexity index is 909. The van der Waals surface area contributed by atoms with Crippen molar-refractivity contribution in [3.8, 4) is 0 Å². The van der Waals surface area contributed by atoms with Crippen LogP contribution < -0.4 is 11.1 Å². The number of benzene rings is 2. The van der Waals surface area contributed by atoms with Gasteiger partial charge in [-0.3, -0.25) is 4.79 Å². The molecular formula is C19H16ClN3O. The summed E-state index contributed by atoms with van der Waals surface area (Å²) in [6.45, 7) is 1.90. The molecule has 1 heterocycles. The zero-order valence-corrected chi connectivity index (χ0v) is 13.8. The molecule has 1 aromatic heterocycles. The van der Waals surface area contributed by atoms with Gasteiger partial charge in [-0.15, -0.1) is 0 Å². The van der Waals surface area contributed by atoms with Crippen LogP contribution in [0.1, 0.15) is 21.5 Å². The first kappa shape index (κ1) is 16.0. The molecule has 0 spiro atoms. The average Bonchev–Trinajstić information content (AvgIpc) is 2.57. The van der Waals surface area contributed by atoms with E-state index in [1.165, 1.54) is 0 Å². The van der Waals surface area contributed by atoms with Crippen LogP contribution in [0.15, 0.2) is 60.8 Å². The van der Waals surface area contributed by atoms with Crippen LogP contribution in [-0.4, -0.2) is 10.8 Å². The van der Waals surface area contributed by atoms with Gasteiger partial charge in [-0.05, 0) is 42.8 Å². The molecule has 0 saturated carbocycles. The number of nitrogens with two attached hydrogens (primary N) is 1. The lowest BCUT2D eigenvalue weighted by Gasteiger charge is -2.11. The van der Waals surface area contributed by atoms with Crippen LogP contribution in [0.3, 0.4) is 0 Å². The molecule has 3 N–H and O–H groups in total.